The van der Waals surface area contributed by atoms with Crippen LogP contribution in [0.1, 0.15) is 37.9 Å². The fraction of sp³-hybridized carbons (Fsp3) is 0.333. The summed E-state index contributed by atoms with van der Waals surface area (Å²) in [5, 5.41) is 9.39. The summed E-state index contributed by atoms with van der Waals surface area (Å²) in [5.41, 5.74) is 5.77. The Morgan fingerprint density at radius 1 is 1.24 bits per heavy atom. The quantitative estimate of drug-likeness (QED) is 0.601. The van der Waals surface area contributed by atoms with Crippen molar-refractivity contribution in [1.29, 1.82) is 5.26 Å². The molecular weight excluding hydrogens is 384 g/mol. The largest absolute Gasteiger partial charge is 0.407 e. The van der Waals surface area contributed by atoms with Crippen molar-refractivity contribution in [3.05, 3.63) is 53.6 Å². The molecule has 29 heavy (non-hydrogen) atoms. The highest BCUT2D eigenvalue weighted by atomic mass is 19.4. The van der Waals surface area contributed by atoms with E-state index in [1.165, 1.54) is 24.5 Å². The van der Waals surface area contributed by atoms with Crippen molar-refractivity contribution in [2.45, 2.75) is 39.5 Å². The third-order valence-corrected chi connectivity index (χ3v) is 4.52. The Bertz CT molecular complexity index is 1100. The molecule has 1 atom stereocenters. The van der Waals surface area contributed by atoms with Crippen molar-refractivity contribution in [2.75, 3.05) is 0 Å². The highest BCUT2D eigenvalue weighted by Gasteiger charge is 2.39. The number of aromatic nitrogens is 2. The van der Waals surface area contributed by atoms with Crippen molar-refractivity contribution < 1.29 is 17.6 Å². The monoisotopic (exact) mass is 404 g/mol. The number of pyridine rings is 1. The zero-order valence-electron chi connectivity index (χ0n) is 16.2. The molecule has 0 aliphatic carbocycles. The molecule has 0 radical (unpaired) electrons. The van der Waals surface area contributed by atoms with Crippen LogP contribution in [-0.4, -0.2) is 15.7 Å². The van der Waals surface area contributed by atoms with Crippen LogP contribution in [0, 0.1) is 22.6 Å². The van der Waals surface area contributed by atoms with E-state index in [1.807, 2.05) is 26.8 Å². The molecule has 8 heteroatoms. The van der Waals surface area contributed by atoms with Crippen LogP contribution >= 0.6 is 0 Å². The molecule has 0 aliphatic heterocycles. The third kappa shape index (κ3) is 4.10. The minimum Gasteiger partial charge on any atom is -0.347 e. The molecule has 3 aromatic rings. The molecule has 2 heterocycles. The van der Waals surface area contributed by atoms with E-state index in [4.69, 9.17) is 5.73 Å². The van der Waals surface area contributed by atoms with Gasteiger partial charge in [-0.2, -0.15) is 18.4 Å². The van der Waals surface area contributed by atoms with Crippen LogP contribution in [0.4, 0.5) is 17.6 Å². The van der Waals surface area contributed by atoms with E-state index < -0.39 is 18.0 Å². The van der Waals surface area contributed by atoms with Crippen molar-refractivity contribution in [1.82, 2.24) is 9.55 Å². The lowest BCUT2D eigenvalue weighted by atomic mass is 9.96. The standard InChI is InChI=1S/C21H20F4N4/c1-20(2,3)11-29-10-15(19(27)21(23,24)25)13-7-16(22)14(8-17(13)29)18-12(9-26)5-4-6-28-18/h4-8,10,19H,11,27H2,1-3H3. The van der Waals surface area contributed by atoms with Gasteiger partial charge in [0.1, 0.15) is 17.9 Å². The molecule has 0 fully saturated rings. The zero-order valence-corrected chi connectivity index (χ0v) is 16.2. The molecule has 0 amide bonds. The fourth-order valence-electron chi connectivity index (χ4n) is 3.30. The van der Waals surface area contributed by atoms with Gasteiger partial charge in [-0.05, 0) is 29.7 Å². The minimum atomic E-state index is -4.66. The Hall–Kier alpha value is -2.92. The summed E-state index contributed by atoms with van der Waals surface area (Å²) in [6.45, 7) is 6.23. The number of hydrogen-bond donors (Lipinski definition) is 1. The minimum absolute atomic E-state index is 0.0510. The van der Waals surface area contributed by atoms with Gasteiger partial charge in [0, 0.05) is 41.0 Å². The molecule has 0 spiro atoms. The van der Waals surface area contributed by atoms with Crippen LogP contribution in [0.5, 0.6) is 0 Å². The van der Waals surface area contributed by atoms with Crippen LogP contribution < -0.4 is 5.73 Å². The first-order valence-electron chi connectivity index (χ1n) is 8.92. The van der Waals surface area contributed by atoms with E-state index in [1.54, 1.807) is 10.6 Å². The number of fused-ring (bicyclic) bond motifs is 1. The van der Waals surface area contributed by atoms with Gasteiger partial charge < -0.3 is 10.3 Å². The second kappa shape index (κ2) is 7.16. The van der Waals surface area contributed by atoms with Crippen molar-refractivity contribution in [2.24, 2.45) is 11.1 Å². The predicted octanol–water partition coefficient (Wildman–Crippen LogP) is 5.32. The van der Waals surface area contributed by atoms with Crippen molar-refractivity contribution in [3.63, 3.8) is 0 Å². The van der Waals surface area contributed by atoms with Crippen molar-refractivity contribution in [3.8, 4) is 17.3 Å². The maximum Gasteiger partial charge on any atom is 0.407 e. The summed E-state index contributed by atoms with van der Waals surface area (Å²) in [4.78, 5) is 4.10. The second-order valence-electron chi connectivity index (χ2n) is 8.15. The predicted molar refractivity (Wildman–Crippen MR) is 102 cm³/mol. The van der Waals surface area contributed by atoms with Gasteiger partial charge in [0.05, 0.1) is 11.3 Å². The first-order valence-corrected chi connectivity index (χ1v) is 8.92. The lowest BCUT2D eigenvalue weighted by Gasteiger charge is -2.20. The number of benzene rings is 1. The number of nitrogens with two attached hydrogens (primary N) is 1. The molecule has 1 unspecified atom stereocenters. The van der Waals surface area contributed by atoms with Gasteiger partial charge in [-0.1, -0.05) is 20.8 Å². The van der Waals surface area contributed by atoms with Gasteiger partial charge in [-0.15, -0.1) is 0 Å². The molecule has 0 saturated heterocycles. The number of nitriles is 1. The summed E-state index contributed by atoms with van der Waals surface area (Å²) >= 11 is 0. The zero-order chi connectivity index (χ0) is 21.6. The Morgan fingerprint density at radius 3 is 2.52 bits per heavy atom. The van der Waals surface area contributed by atoms with E-state index >= 15 is 0 Å². The van der Waals surface area contributed by atoms with Crippen LogP contribution in [0.2, 0.25) is 0 Å². The number of rotatable bonds is 3. The lowest BCUT2D eigenvalue weighted by molar-refractivity contribution is -0.148. The highest BCUT2D eigenvalue weighted by molar-refractivity contribution is 5.89. The summed E-state index contributed by atoms with van der Waals surface area (Å²) < 4.78 is 56.4. The van der Waals surface area contributed by atoms with Crippen LogP contribution in [0.3, 0.4) is 0 Å². The SMILES string of the molecule is CC(C)(C)Cn1cc(C(N)C(F)(F)F)c2cc(F)c(-c3ncccc3C#N)cc21. The van der Waals surface area contributed by atoms with Gasteiger partial charge in [0.15, 0.2) is 0 Å². The molecule has 0 aliphatic rings. The number of hydrogen-bond acceptors (Lipinski definition) is 3. The average molecular weight is 404 g/mol. The number of nitrogens with zero attached hydrogens (tertiary/aromatic N) is 3. The molecule has 0 saturated carbocycles. The Kier molecular flexibility index (Phi) is 5.13. The summed E-state index contributed by atoms with van der Waals surface area (Å²) in [6.07, 6.45) is -1.90. The van der Waals surface area contributed by atoms with Gasteiger partial charge in [-0.25, -0.2) is 4.39 Å². The average Bonchev–Trinajstić information content (AvgIpc) is 2.95. The van der Waals surface area contributed by atoms with Gasteiger partial charge in [0.2, 0.25) is 0 Å². The molecule has 3 rings (SSSR count). The molecule has 4 nitrogen and oxygen atoms in total. The molecule has 2 aromatic heterocycles. The molecular formula is C21H20F4N4. The first-order chi connectivity index (χ1) is 13.4. The van der Waals surface area contributed by atoms with E-state index in [9.17, 15) is 22.8 Å². The highest BCUT2D eigenvalue weighted by Crippen LogP contribution is 2.38. The smallest absolute Gasteiger partial charge is 0.347 e. The Balaban J connectivity index is 2.31. The second-order valence-corrected chi connectivity index (χ2v) is 8.15. The normalized spacial score (nSPS) is 13.5. The number of halogens is 4. The molecule has 0 bridgehead atoms. The van der Waals surface area contributed by atoms with E-state index in [2.05, 4.69) is 4.98 Å². The van der Waals surface area contributed by atoms with Crippen LogP contribution in [-0.2, 0) is 6.54 Å². The molecule has 152 valence electrons. The first kappa shape index (κ1) is 20.8. The maximum atomic E-state index is 14.9. The molecule has 2 N–H and O–H groups in total. The summed E-state index contributed by atoms with van der Waals surface area (Å²) in [6, 6.07) is 5.27. The summed E-state index contributed by atoms with van der Waals surface area (Å²) in [7, 11) is 0. The van der Waals surface area contributed by atoms with Gasteiger partial charge in [-0.3, -0.25) is 4.98 Å². The maximum absolute atomic E-state index is 14.9. The fourth-order valence-corrected chi connectivity index (χ4v) is 3.30. The Labute approximate surface area is 165 Å². The lowest BCUT2D eigenvalue weighted by Crippen LogP contribution is -2.28. The number of alkyl halides is 3. The van der Waals surface area contributed by atoms with E-state index in [-0.39, 0.29) is 33.2 Å². The topological polar surface area (TPSA) is 67.6 Å². The van der Waals surface area contributed by atoms with Gasteiger partial charge in [0.25, 0.3) is 0 Å². The molecule has 1 aromatic carbocycles. The van der Waals surface area contributed by atoms with Crippen LogP contribution in [0.15, 0.2) is 36.7 Å². The van der Waals surface area contributed by atoms with Crippen molar-refractivity contribution >= 4 is 10.9 Å². The Morgan fingerprint density at radius 2 is 1.93 bits per heavy atom. The van der Waals surface area contributed by atoms with Gasteiger partial charge >= 0.3 is 6.18 Å². The third-order valence-electron chi connectivity index (χ3n) is 4.52. The summed E-state index contributed by atoms with van der Waals surface area (Å²) in [5.74, 6) is -0.767. The van der Waals surface area contributed by atoms with E-state index in [0.29, 0.717) is 12.1 Å². The van der Waals surface area contributed by atoms with E-state index in [0.717, 1.165) is 6.07 Å². The van der Waals surface area contributed by atoms with Crippen LogP contribution in [0.25, 0.3) is 22.2 Å².